The highest BCUT2D eigenvalue weighted by Crippen LogP contribution is 2.44. The van der Waals surface area contributed by atoms with E-state index in [0.717, 1.165) is 47.2 Å². The lowest BCUT2D eigenvalue weighted by molar-refractivity contribution is -0.152. The Morgan fingerprint density at radius 1 is 1.00 bits per heavy atom. The molecule has 37 heavy (non-hydrogen) atoms. The lowest BCUT2D eigenvalue weighted by Crippen LogP contribution is -2.34. The highest BCUT2D eigenvalue weighted by Gasteiger charge is 2.43. The van der Waals surface area contributed by atoms with Gasteiger partial charge in [0.15, 0.2) is 6.61 Å². The number of methoxy groups -OCH3 is 1. The van der Waals surface area contributed by atoms with E-state index >= 15 is 0 Å². The van der Waals surface area contributed by atoms with E-state index in [-0.39, 0.29) is 30.9 Å². The van der Waals surface area contributed by atoms with E-state index in [1.165, 1.54) is 5.01 Å². The number of amides is 1. The van der Waals surface area contributed by atoms with Crippen molar-refractivity contribution in [2.24, 2.45) is 11.0 Å². The minimum Gasteiger partial charge on any atom is -0.497 e. The van der Waals surface area contributed by atoms with Gasteiger partial charge < -0.3 is 9.47 Å². The summed E-state index contributed by atoms with van der Waals surface area (Å²) >= 11 is 0. The number of fused-ring (bicyclic) bond motifs is 1. The second kappa shape index (κ2) is 11.2. The number of nitrogens with zero attached hydrogens (tertiary/aromatic N) is 2. The van der Waals surface area contributed by atoms with Crippen LogP contribution in [0.15, 0.2) is 95.6 Å². The van der Waals surface area contributed by atoms with Gasteiger partial charge in [0, 0.05) is 5.92 Å². The third-order valence-corrected chi connectivity index (χ3v) is 6.88. The van der Waals surface area contributed by atoms with E-state index in [4.69, 9.17) is 14.6 Å². The first-order chi connectivity index (χ1) is 18.1. The molecule has 1 amide bonds. The molecule has 2 aliphatic rings. The fraction of sp³-hybridized carbons (Fsp3) is 0.258. The van der Waals surface area contributed by atoms with Crippen molar-refractivity contribution in [2.75, 3.05) is 13.7 Å². The molecule has 5 rings (SSSR count). The van der Waals surface area contributed by atoms with Gasteiger partial charge in [0.05, 0.1) is 25.3 Å². The molecule has 1 saturated carbocycles. The minimum atomic E-state index is -0.466. The van der Waals surface area contributed by atoms with Crippen LogP contribution in [0.3, 0.4) is 0 Å². The summed E-state index contributed by atoms with van der Waals surface area (Å²) in [5.74, 6) is -0.0231. The molecule has 1 fully saturated rings. The summed E-state index contributed by atoms with van der Waals surface area (Å²) < 4.78 is 10.6. The molecule has 2 atom stereocenters. The molecule has 0 radical (unpaired) electrons. The molecule has 6 nitrogen and oxygen atoms in total. The quantitative estimate of drug-likeness (QED) is 0.401. The van der Waals surface area contributed by atoms with Gasteiger partial charge in [-0.3, -0.25) is 9.59 Å². The lowest BCUT2D eigenvalue weighted by atomic mass is 9.77. The first-order valence-electron chi connectivity index (χ1n) is 12.6. The SMILES string of the molecule is COc1cccc(CC(=O)OCC(=O)N2N=C3/C(=C/c4ccccc4)CCC[C@H]3[C@H]2c2ccccc2)c1. The molecule has 1 aliphatic carbocycles. The van der Waals surface area contributed by atoms with Crippen LogP contribution in [0.25, 0.3) is 6.08 Å². The van der Waals surface area contributed by atoms with Crippen molar-refractivity contribution >= 4 is 23.7 Å². The van der Waals surface area contributed by atoms with E-state index in [9.17, 15) is 9.59 Å². The van der Waals surface area contributed by atoms with Gasteiger partial charge in [0.2, 0.25) is 0 Å². The summed E-state index contributed by atoms with van der Waals surface area (Å²) in [6.45, 7) is -0.354. The first kappa shape index (κ1) is 24.5. The number of hydrogen-bond acceptors (Lipinski definition) is 5. The van der Waals surface area contributed by atoms with Crippen molar-refractivity contribution in [3.8, 4) is 5.75 Å². The standard InChI is InChI=1S/C31H30N2O4/c1-36-26-16-8-12-23(19-26)20-29(35)37-21-28(34)33-31(24-13-6-3-7-14-24)27-17-9-15-25(30(27)32-33)18-22-10-4-2-5-11-22/h2-8,10-14,16,18-19,27,31H,9,15,17,20-21H2,1H3/b25-18+/t27-,31-/m1/s1. The van der Waals surface area contributed by atoms with Gasteiger partial charge in [-0.15, -0.1) is 0 Å². The molecular formula is C31H30N2O4. The molecule has 0 bridgehead atoms. The average molecular weight is 495 g/mol. The predicted molar refractivity (Wildman–Crippen MR) is 143 cm³/mol. The molecule has 6 heteroatoms. The molecule has 3 aromatic carbocycles. The summed E-state index contributed by atoms with van der Waals surface area (Å²) in [5, 5.41) is 6.39. The molecule has 1 aliphatic heterocycles. The summed E-state index contributed by atoms with van der Waals surface area (Å²) in [5.41, 5.74) is 5.03. The third kappa shape index (κ3) is 5.64. The largest absolute Gasteiger partial charge is 0.497 e. The maximum Gasteiger partial charge on any atom is 0.310 e. The van der Waals surface area contributed by atoms with Crippen LogP contribution < -0.4 is 4.74 Å². The molecule has 0 aromatic heterocycles. The van der Waals surface area contributed by atoms with Crippen LogP contribution in [0.1, 0.15) is 42.0 Å². The molecule has 1 heterocycles. The first-order valence-corrected chi connectivity index (χ1v) is 12.6. The van der Waals surface area contributed by atoms with E-state index in [0.29, 0.717) is 5.75 Å². The van der Waals surface area contributed by atoms with Crippen molar-refractivity contribution in [3.05, 3.63) is 107 Å². The predicted octanol–water partition coefficient (Wildman–Crippen LogP) is 5.60. The third-order valence-electron chi connectivity index (χ3n) is 6.88. The fourth-order valence-corrected chi connectivity index (χ4v) is 5.15. The number of ether oxygens (including phenoxy) is 2. The maximum atomic E-state index is 13.4. The smallest absolute Gasteiger partial charge is 0.310 e. The molecule has 188 valence electrons. The molecule has 0 spiro atoms. The highest BCUT2D eigenvalue weighted by molar-refractivity contribution is 6.08. The molecule has 0 saturated heterocycles. The lowest BCUT2D eigenvalue weighted by Gasteiger charge is -2.29. The van der Waals surface area contributed by atoms with Gasteiger partial charge in [0.1, 0.15) is 5.75 Å². The van der Waals surface area contributed by atoms with Crippen LogP contribution in [0.2, 0.25) is 0 Å². The molecule has 3 aromatic rings. The monoisotopic (exact) mass is 494 g/mol. The molecular weight excluding hydrogens is 464 g/mol. The van der Waals surface area contributed by atoms with Crippen molar-refractivity contribution in [1.29, 1.82) is 0 Å². The summed E-state index contributed by atoms with van der Waals surface area (Å²) in [7, 11) is 1.58. The number of carbonyl (C=O) groups excluding carboxylic acids is 2. The van der Waals surface area contributed by atoms with Crippen LogP contribution in [0.4, 0.5) is 0 Å². The topological polar surface area (TPSA) is 68.2 Å². The number of allylic oxidation sites excluding steroid dienone is 1. The van der Waals surface area contributed by atoms with Crippen molar-refractivity contribution in [3.63, 3.8) is 0 Å². The summed E-state index contributed by atoms with van der Waals surface area (Å²) in [6.07, 6.45) is 5.14. The van der Waals surface area contributed by atoms with E-state index < -0.39 is 5.97 Å². The summed E-state index contributed by atoms with van der Waals surface area (Å²) in [6, 6.07) is 27.2. The van der Waals surface area contributed by atoms with Gasteiger partial charge in [-0.2, -0.15) is 5.10 Å². The van der Waals surface area contributed by atoms with Crippen molar-refractivity contribution in [2.45, 2.75) is 31.7 Å². The fourth-order valence-electron chi connectivity index (χ4n) is 5.15. The molecule has 0 unspecified atom stereocenters. The van der Waals surface area contributed by atoms with Crippen LogP contribution in [0.5, 0.6) is 5.75 Å². The Bertz CT molecular complexity index is 1320. The highest BCUT2D eigenvalue weighted by atomic mass is 16.5. The van der Waals surface area contributed by atoms with E-state index in [1.54, 1.807) is 13.2 Å². The Morgan fingerprint density at radius 2 is 1.76 bits per heavy atom. The van der Waals surface area contributed by atoms with Crippen LogP contribution in [0, 0.1) is 5.92 Å². The second-order valence-electron chi connectivity index (χ2n) is 9.35. The van der Waals surface area contributed by atoms with Gasteiger partial charge in [0.25, 0.3) is 5.91 Å². The van der Waals surface area contributed by atoms with Crippen LogP contribution >= 0.6 is 0 Å². The van der Waals surface area contributed by atoms with E-state index in [2.05, 4.69) is 18.2 Å². The zero-order valence-corrected chi connectivity index (χ0v) is 20.9. The Morgan fingerprint density at radius 3 is 2.51 bits per heavy atom. The zero-order valence-electron chi connectivity index (χ0n) is 20.9. The normalized spacial score (nSPS) is 19.8. The number of hydrazone groups is 1. The van der Waals surface area contributed by atoms with Crippen LogP contribution in [-0.2, 0) is 20.7 Å². The molecule has 0 N–H and O–H groups in total. The van der Waals surface area contributed by atoms with Crippen molar-refractivity contribution < 1.29 is 19.1 Å². The van der Waals surface area contributed by atoms with Crippen LogP contribution in [-0.4, -0.2) is 36.3 Å². The maximum absolute atomic E-state index is 13.4. The Hall–Kier alpha value is -4.19. The Kier molecular flexibility index (Phi) is 7.45. The average Bonchev–Trinajstić information content (AvgIpc) is 3.34. The Labute approximate surface area is 217 Å². The number of hydrogen-bond donors (Lipinski definition) is 0. The van der Waals surface area contributed by atoms with Gasteiger partial charge in [-0.1, -0.05) is 72.8 Å². The number of rotatable bonds is 7. The van der Waals surface area contributed by atoms with E-state index in [1.807, 2.05) is 66.7 Å². The number of carbonyl (C=O) groups is 2. The number of esters is 1. The van der Waals surface area contributed by atoms with Crippen molar-refractivity contribution in [1.82, 2.24) is 5.01 Å². The number of benzene rings is 3. The second-order valence-corrected chi connectivity index (χ2v) is 9.35. The van der Waals surface area contributed by atoms with Gasteiger partial charge in [-0.25, -0.2) is 5.01 Å². The zero-order chi connectivity index (χ0) is 25.6. The Balaban J connectivity index is 1.35. The summed E-state index contributed by atoms with van der Waals surface area (Å²) in [4.78, 5) is 25.9. The van der Waals surface area contributed by atoms with Gasteiger partial charge in [-0.05, 0) is 59.7 Å². The minimum absolute atomic E-state index is 0.0632. The van der Waals surface area contributed by atoms with Gasteiger partial charge >= 0.3 is 5.97 Å².